The van der Waals surface area contributed by atoms with Crippen molar-refractivity contribution >= 4 is 18.2 Å². The molecule has 20 heteroatoms. The third-order valence-corrected chi connectivity index (χ3v) is 19.5. The molecule has 68 heavy (non-hydrogen) atoms. The molecule has 8 rings (SSSR count). The van der Waals surface area contributed by atoms with E-state index < -0.39 is 151 Å². The van der Waals surface area contributed by atoms with Crippen LogP contribution in [0.1, 0.15) is 106 Å². The minimum Gasteiger partial charge on any atom is -0.481 e. The summed E-state index contributed by atoms with van der Waals surface area (Å²) < 4.78 is 34.5. The van der Waals surface area contributed by atoms with Gasteiger partial charge in [-0.1, -0.05) is 39.3 Å². The smallest absolute Gasteiger partial charge is 0.315 e. The maximum atomic E-state index is 15.0. The predicted molar refractivity (Wildman–Crippen MR) is 231 cm³/mol. The molecule has 0 aromatic heterocycles. The van der Waals surface area contributed by atoms with Crippen molar-refractivity contribution in [2.45, 2.75) is 204 Å². The molecule has 0 radical (unpaired) electrons. The Morgan fingerprint density at radius 2 is 1.37 bits per heavy atom. The molecule has 3 heterocycles. The number of aliphatic hydroxyl groups is 10. The second-order valence-electron chi connectivity index (χ2n) is 22.9. The fraction of sp³-hybridized carbons (Fsp3) is 0.896. The highest BCUT2D eigenvalue weighted by atomic mass is 16.8. The molecule has 8 aliphatic rings. The second kappa shape index (κ2) is 18.4. The van der Waals surface area contributed by atoms with Gasteiger partial charge >= 0.3 is 11.9 Å². The normalized spacial score (nSPS) is 54.8. The molecule has 25 atom stereocenters. The average Bonchev–Trinajstić information content (AvgIpc) is 3.30. The van der Waals surface area contributed by atoms with Crippen LogP contribution in [0, 0.1) is 50.2 Å². The van der Waals surface area contributed by atoms with Crippen molar-refractivity contribution in [2.75, 3.05) is 13.2 Å². The van der Waals surface area contributed by atoms with Crippen molar-refractivity contribution in [1.82, 2.24) is 0 Å². The Labute approximate surface area is 395 Å². The molecule has 5 aliphatic carbocycles. The fourth-order valence-electron chi connectivity index (χ4n) is 14.7. The monoisotopic (exact) mass is 970 g/mol. The van der Waals surface area contributed by atoms with Gasteiger partial charge in [0, 0.05) is 0 Å². The molecule has 0 aromatic carbocycles. The summed E-state index contributed by atoms with van der Waals surface area (Å²) in [5.41, 5.74) is -3.42. The molecule has 0 bridgehead atoms. The van der Waals surface area contributed by atoms with Crippen LogP contribution in [0.15, 0.2) is 11.6 Å². The molecule has 386 valence electrons. The van der Waals surface area contributed by atoms with Crippen molar-refractivity contribution in [3.05, 3.63) is 11.6 Å². The van der Waals surface area contributed by atoms with Gasteiger partial charge in [0.1, 0.15) is 73.4 Å². The summed E-state index contributed by atoms with van der Waals surface area (Å²) in [5, 5.41) is 118. The number of carboxylic acids is 1. The highest BCUT2D eigenvalue weighted by molar-refractivity contribution is 5.81. The number of allylic oxidation sites excluding steroid dienone is 2. The van der Waals surface area contributed by atoms with Crippen molar-refractivity contribution in [1.29, 1.82) is 0 Å². The highest BCUT2D eigenvalue weighted by Gasteiger charge is 2.71. The van der Waals surface area contributed by atoms with Gasteiger partial charge in [-0.15, -0.1) is 0 Å². The van der Waals surface area contributed by atoms with Gasteiger partial charge in [0.05, 0.1) is 41.7 Å². The number of carbonyl (C=O) groups is 3. The first kappa shape index (κ1) is 52.1. The number of esters is 1. The average molecular weight is 971 g/mol. The Bertz CT molecular complexity index is 1940. The molecule has 0 spiro atoms. The topological polar surface area (TPSA) is 329 Å². The summed E-state index contributed by atoms with van der Waals surface area (Å²) in [4.78, 5) is 40.6. The quantitative estimate of drug-likeness (QED) is 0.0741. The van der Waals surface area contributed by atoms with Gasteiger partial charge in [-0.25, -0.2) is 0 Å². The van der Waals surface area contributed by atoms with Gasteiger partial charge < -0.3 is 89.4 Å². The number of hydrogen-bond donors (Lipinski definition) is 11. The lowest BCUT2D eigenvalue weighted by molar-refractivity contribution is -0.362. The fourth-order valence-corrected chi connectivity index (χ4v) is 14.7. The van der Waals surface area contributed by atoms with E-state index >= 15 is 0 Å². The standard InChI is InChI=1S/C48H74O20/c1-21-29(52)32(55)34(57)39(64-21)67-37-31(54)24(18-49)65-38(36(37)59)63-19-25-30(53)33(56)35(58)40(66-25)68-42(62)48-15-13-43(2,41(60)61)17-23(48)22-7-8-27-44(3)11-10-28(51)45(4,20-50)26(44)9-12-47(27,6)46(22,5)14-16-48/h7,20-21,23-40,49,51-59H,8-19H2,1-6H3,(H,60,61)/t21-,23-,24+,25+,26+,27+,28+,29-,30+,31+,32+,33-,34+,35+,36+,37-,38+,39-,40-,43+,44-,45-,46+,47+,48-/m0/s1. The summed E-state index contributed by atoms with van der Waals surface area (Å²) in [7, 11) is 0. The first-order chi connectivity index (χ1) is 31.8. The molecule has 20 nitrogen and oxygen atoms in total. The summed E-state index contributed by atoms with van der Waals surface area (Å²) in [6.45, 7) is 10.2. The van der Waals surface area contributed by atoms with Crippen molar-refractivity contribution in [3.63, 3.8) is 0 Å². The van der Waals surface area contributed by atoms with Crippen LogP contribution in [0.25, 0.3) is 0 Å². The summed E-state index contributed by atoms with van der Waals surface area (Å²) in [5.74, 6) is -2.25. The molecule has 4 saturated carbocycles. The van der Waals surface area contributed by atoms with E-state index in [9.17, 15) is 70.6 Å². The number of hydrogen-bond acceptors (Lipinski definition) is 19. The van der Waals surface area contributed by atoms with Gasteiger partial charge in [-0.2, -0.15) is 0 Å². The van der Waals surface area contributed by atoms with Crippen molar-refractivity contribution in [3.8, 4) is 0 Å². The second-order valence-corrected chi connectivity index (χ2v) is 22.9. The van der Waals surface area contributed by atoms with Gasteiger partial charge in [-0.3, -0.25) is 9.59 Å². The van der Waals surface area contributed by atoms with Crippen LogP contribution in [-0.2, 0) is 42.8 Å². The van der Waals surface area contributed by atoms with Crippen LogP contribution in [0.2, 0.25) is 0 Å². The zero-order valence-electron chi connectivity index (χ0n) is 39.7. The maximum Gasteiger partial charge on any atom is 0.315 e. The van der Waals surface area contributed by atoms with Gasteiger partial charge in [0.15, 0.2) is 12.6 Å². The number of rotatable bonds is 10. The maximum absolute atomic E-state index is 15.0. The molecular formula is C48H74O20. The number of aliphatic hydroxyl groups excluding tert-OH is 10. The lowest BCUT2D eigenvalue weighted by atomic mass is 9.33. The van der Waals surface area contributed by atoms with E-state index in [0.29, 0.717) is 25.7 Å². The van der Waals surface area contributed by atoms with E-state index in [-0.39, 0.29) is 41.9 Å². The Kier molecular flexibility index (Phi) is 14.1. The molecule has 7 fully saturated rings. The summed E-state index contributed by atoms with van der Waals surface area (Å²) >= 11 is 0. The van der Waals surface area contributed by atoms with Crippen LogP contribution < -0.4 is 0 Å². The number of aliphatic carboxylic acids is 1. The predicted octanol–water partition coefficient (Wildman–Crippen LogP) is -0.588. The van der Waals surface area contributed by atoms with Crippen molar-refractivity contribution < 1.29 is 99.0 Å². The van der Waals surface area contributed by atoms with Crippen LogP contribution in [-0.4, -0.2) is 186 Å². The Balaban J connectivity index is 1.02. The lowest BCUT2D eigenvalue weighted by Gasteiger charge is -2.70. The van der Waals surface area contributed by atoms with Gasteiger partial charge in [0.25, 0.3) is 0 Å². The molecular weight excluding hydrogens is 897 g/mol. The molecule has 11 N–H and O–H groups in total. The summed E-state index contributed by atoms with van der Waals surface area (Å²) in [6.07, 6.45) is -18.2. The van der Waals surface area contributed by atoms with Crippen molar-refractivity contribution in [2.24, 2.45) is 50.2 Å². The lowest BCUT2D eigenvalue weighted by Crippen LogP contribution is -2.66. The van der Waals surface area contributed by atoms with E-state index in [1.807, 2.05) is 6.92 Å². The van der Waals surface area contributed by atoms with Crippen LogP contribution >= 0.6 is 0 Å². The number of carbonyl (C=O) groups excluding carboxylic acids is 2. The number of aldehydes is 1. The van der Waals surface area contributed by atoms with E-state index in [4.69, 9.17) is 28.4 Å². The number of fused-ring (bicyclic) bond motifs is 7. The minimum atomic E-state index is -1.95. The zero-order valence-corrected chi connectivity index (χ0v) is 39.7. The van der Waals surface area contributed by atoms with E-state index in [1.165, 1.54) is 6.92 Å². The van der Waals surface area contributed by atoms with E-state index in [1.54, 1.807) is 6.92 Å². The van der Waals surface area contributed by atoms with Gasteiger partial charge in [0.2, 0.25) is 6.29 Å². The largest absolute Gasteiger partial charge is 0.481 e. The zero-order chi connectivity index (χ0) is 49.8. The minimum absolute atomic E-state index is 0.0372. The van der Waals surface area contributed by atoms with Crippen LogP contribution in [0.4, 0.5) is 0 Å². The molecule has 0 aromatic rings. The summed E-state index contributed by atoms with van der Waals surface area (Å²) in [6, 6.07) is 0. The van der Waals surface area contributed by atoms with E-state index in [0.717, 1.165) is 31.1 Å². The van der Waals surface area contributed by atoms with Gasteiger partial charge in [-0.05, 0) is 112 Å². The molecule has 0 amide bonds. The van der Waals surface area contributed by atoms with Crippen LogP contribution in [0.5, 0.6) is 0 Å². The third kappa shape index (κ3) is 7.86. The molecule has 0 unspecified atom stereocenters. The third-order valence-electron chi connectivity index (χ3n) is 19.5. The Morgan fingerprint density at radius 1 is 0.721 bits per heavy atom. The first-order valence-corrected chi connectivity index (χ1v) is 24.4. The first-order valence-electron chi connectivity index (χ1n) is 24.4. The Hall–Kier alpha value is -2.25. The number of ether oxygens (including phenoxy) is 6. The molecule has 3 aliphatic heterocycles. The highest BCUT2D eigenvalue weighted by Crippen LogP contribution is 2.76. The van der Waals surface area contributed by atoms with E-state index in [2.05, 4.69) is 26.8 Å². The Morgan fingerprint density at radius 3 is 2.03 bits per heavy atom. The van der Waals surface area contributed by atoms with Crippen LogP contribution in [0.3, 0.4) is 0 Å². The number of carboxylic acid groups (broad SMARTS) is 1. The molecule has 3 saturated heterocycles. The SMILES string of the molecule is C[C@@H]1O[C@@H](O[C@@H]2[C@@H](O)[C@H](OC[C@H]3O[C@@H](OC(=O)[C@]45CC[C@@](C)(C(=O)O)C[C@H]4C4=CC[C@@H]6[C@@]7(C)CC[C@@H](O)[C@@](C)(C=O)[C@@H]7CC[C@@]6(C)[C@]4(C)CC5)[C@H](O)[C@@H](O)[C@@H]3O)O[C@H](CO)[C@H]2O)[C@H](O)[C@H](O)[C@H]1O.